The van der Waals surface area contributed by atoms with Crippen molar-refractivity contribution in [3.05, 3.63) is 64.2 Å². The summed E-state index contributed by atoms with van der Waals surface area (Å²) >= 11 is 3.10. The summed E-state index contributed by atoms with van der Waals surface area (Å²) < 4.78 is 44.5. The zero-order valence-corrected chi connectivity index (χ0v) is 23.0. The van der Waals surface area contributed by atoms with Crippen LogP contribution in [0.1, 0.15) is 21.7 Å². The highest BCUT2D eigenvalue weighted by atomic mass is 32.2. The van der Waals surface area contributed by atoms with Crippen molar-refractivity contribution in [2.75, 3.05) is 45.9 Å². The third-order valence-electron chi connectivity index (χ3n) is 6.36. The SMILES string of the molecule is Cc1cc(SCc2sc(-c3ccc(C(F)(F)F)cc3)nc2CN2CCN(CCO)CC2)ccc1OCC(=O)O. The lowest BCUT2D eigenvalue weighted by molar-refractivity contribution is -0.139. The van der Waals surface area contributed by atoms with Gasteiger partial charge in [0.1, 0.15) is 10.8 Å². The number of aliphatic hydroxyl groups excluding tert-OH is 1. The van der Waals surface area contributed by atoms with Crippen molar-refractivity contribution < 1.29 is 32.9 Å². The zero-order valence-electron chi connectivity index (χ0n) is 21.4. The Morgan fingerprint density at radius 1 is 1.10 bits per heavy atom. The first-order valence-corrected chi connectivity index (χ1v) is 14.2. The summed E-state index contributed by atoms with van der Waals surface area (Å²) in [6.45, 7) is 6.29. The van der Waals surface area contributed by atoms with E-state index in [-0.39, 0.29) is 6.61 Å². The smallest absolute Gasteiger partial charge is 0.416 e. The minimum atomic E-state index is -4.39. The molecule has 39 heavy (non-hydrogen) atoms. The number of hydrogen-bond donors (Lipinski definition) is 2. The van der Waals surface area contributed by atoms with E-state index >= 15 is 0 Å². The summed E-state index contributed by atoms with van der Waals surface area (Å²) in [6.07, 6.45) is -4.39. The summed E-state index contributed by atoms with van der Waals surface area (Å²) in [7, 11) is 0. The fourth-order valence-electron chi connectivity index (χ4n) is 4.23. The number of ether oxygens (including phenoxy) is 1. The number of carbonyl (C=O) groups is 1. The molecule has 0 radical (unpaired) electrons. The summed E-state index contributed by atoms with van der Waals surface area (Å²) in [5.74, 6) is 0.113. The van der Waals surface area contributed by atoms with Crippen molar-refractivity contribution in [3.63, 3.8) is 0 Å². The maximum absolute atomic E-state index is 13.0. The topological polar surface area (TPSA) is 86.1 Å². The van der Waals surface area contributed by atoms with Crippen LogP contribution in [-0.2, 0) is 23.3 Å². The molecule has 0 aliphatic carbocycles. The Morgan fingerprint density at radius 3 is 2.41 bits per heavy atom. The number of benzene rings is 2. The van der Waals surface area contributed by atoms with E-state index < -0.39 is 24.3 Å². The van der Waals surface area contributed by atoms with E-state index in [0.717, 1.165) is 59.3 Å². The van der Waals surface area contributed by atoms with Crippen molar-refractivity contribution >= 4 is 29.1 Å². The molecule has 0 amide bonds. The molecule has 210 valence electrons. The van der Waals surface area contributed by atoms with E-state index in [1.165, 1.54) is 23.5 Å². The summed E-state index contributed by atoms with van der Waals surface area (Å²) in [5, 5.41) is 18.7. The van der Waals surface area contributed by atoms with Gasteiger partial charge >= 0.3 is 12.1 Å². The lowest BCUT2D eigenvalue weighted by Gasteiger charge is -2.34. The van der Waals surface area contributed by atoms with Crippen molar-refractivity contribution in [2.24, 2.45) is 0 Å². The van der Waals surface area contributed by atoms with Crippen molar-refractivity contribution in [3.8, 4) is 16.3 Å². The molecule has 2 heterocycles. The Morgan fingerprint density at radius 2 is 1.79 bits per heavy atom. The number of aromatic nitrogens is 1. The quantitative estimate of drug-likeness (QED) is 0.306. The Kier molecular flexibility index (Phi) is 9.89. The van der Waals surface area contributed by atoms with Gasteiger partial charge in [-0.1, -0.05) is 12.1 Å². The van der Waals surface area contributed by atoms with Gasteiger partial charge < -0.3 is 14.9 Å². The molecule has 0 atom stereocenters. The van der Waals surface area contributed by atoms with Crippen LogP contribution in [-0.4, -0.2) is 76.9 Å². The zero-order chi connectivity index (χ0) is 28.0. The van der Waals surface area contributed by atoms with Gasteiger partial charge in [-0.15, -0.1) is 23.1 Å². The fourth-order valence-corrected chi connectivity index (χ4v) is 6.40. The van der Waals surface area contributed by atoms with Crippen molar-refractivity contribution in [2.45, 2.75) is 30.3 Å². The Hall–Kier alpha value is -2.64. The van der Waals surface area contributed by atoms with Crippen LogP contribution in [0.15, 0.2) is 47.4 Å². The second-order valence-electron chi connectivity index (χ2n) is 9.20. The average Bonchev–Trinajstić information content (AvgIpc) is 3.30. The number of β-amino-alcohol motifs (C(OH)–C–C–N with tert-alkyl or cyclic N) is 1. The molecule has 7 nitrogen and oxygen atoms in total. The number of aliphatic hydroxyl groups is 1. The second kappa shape index (κ2) is 13.1. The second-order valence-corrected chi connectivity index (χ2v) is 11.3. The molecule has 0 unspecified atom stereocenters. The monoisotopic (exact) mass is 581 g/mol. The highest BCUT2D eigenvalue weighted by Gasteiger charge is 2.30. The first-order chi connectivity index (χ1) is 18.6. The van der Waals surface area contributed by atoms with Crippen LogP contribution >= 0.6 is 23.1 Å². The molecule has 1 saturated heterocycles. The highest BCUT2D eigenvalue weighted by molar-refractivity contribution is 7.98. The molecule has 1 aliphatic rings. The first-order valence-electron chi connectivity index (χ1n) is 12.4. The Labute approximate surface area is 233 Å². The van der Waals surface area contributed by atoms with Gasteiger partial charge in [-0.3, -0.25) is 9.80 Å². The van der Waals surface area contributed by atoms with Gasteiger partial charge in [-0.25, -0.2) is 9.78 Å². The number of rotatable bonds is 11. The van der Waals surface area contributed by atoms with E-state index in [1.54, 1.807) is 17.8 Å². The van der Waals surface area contributed by atoms with Crippen LogP contribution in [0.3, 0.4) is 0 Å². The predicted molar refractivity (Wildman–Crippen MR) is 145 cm³/mol. The number of piperazine rings is 1. The molecule has 0 bridgehead atoms. The van der Waals surface area contributed by atoms with Crippen molar-refractivity contribution in [1.29, 1.82) is 0 Å². The average molecular weight is 582 g/mol. The lowest BCUT2D eigenvalue weighted by Crippen LogP contribution is -2.46. The number of thioether (sulfide) groups is 1. The van der Waals surface area contributed by atoms with Gasteiger partial charge in [-0.05, 0) is 42.8 Å². The molecular weight excluding hydrogens is 551 g/mol. The molecule has 0 saturated carbocycles. The highest BCUT2D eigenvalue weighted by Crippen LogP contribution is 2.36. The van der Waals surface area contributed by atoms with E-state index in [2.05, 4.69) is 9.80 Å². The molecule has 2 N–H and O–H groups in total. The Balaban J connectivity index is 1.51. The maximum atomic E-state index is 13.0. The fraction of sp³-hybridized carbons (Fsp3) is 0.407. The van der Waals surface area contributed by atoms with Gasteiger partial charge in [0.25, 0.3) is 0 Å². The molecular formula is C27H30F3N3O4S2. The number of thiazole rings is 1. The van der Waals surface area contributed by atoms with E-state index in [0.29, 0.717) is 35.2 Å². The minimum absolute atomic E-state index is 0.135. The number of alkyl halides is 3. The summed E-state index contributed by atoms with van der Waals surface area (Å²) in [6, 6.07) is 10.7. The van der Waals surface area contributed by atoms with Crippen LogP contribution in [0.5, 0.6) is 5.75 Å². The van der Waals surface area contributed by atoms with Gasteiger partial charge in [0.05, 0.1) is 17.9 Å². The van der Waals surface area contributed by atoms with E-state index in [4.69, 9.17) is 14.8 Å². The van der Waals surface area contributed by atoms with Gasteiger partial charge in [0, 0.05) is 60.4 Å². The molecule has 1 aromatic heterocycles. The standard InChI is InChI=1S/C27H30F3N3O4S2/c1-18-14-21(6-7-23(18)37-16-25(35)36)38-17-24-22(15-33-10-8-32(9-11-33)12-13-34)31-26(39-24)19-2-4-20(5-3-19)27(28,29)30/h2-7,14,34H,8-13,15-17H2,1H3,(H,35,36). The number of aliphatic carboxylic acids is 1. The molecule has 1 fully saturated rings. The first kappa shape index (κ1) is 29.3. The largest absolute Gasteiger partial charge is 0.482 e. The number of nitrogens with zero attached hydrogens (tertiary/aromatic N) is 3. The summed E-state index contributed by atoms with van der Waals surface area (Å²) in [4.78, 5) is 22.2. The maximum Gasteiger partial charge on any atom is 0.416 e. The number of hydrogen-bond acceptors (Lipinski definition) is 8. The normalized spacial score (nSPS) is 15.0. The molecule has 12 heteroatoms. The van der Waals surface area contributed by atoms with Crippen LogP contribution in [0, 0.1) is 6.92 Å². The summed E-state index contributed by atoms with van der Waals surface area (Å²) in [5.41, 5.74) is 1.70. The predicted octanol–water partition coefficient (Wildman–Crippen LogP) is 5.00. The van der Waals surface area contributed by atoms with E-state index in [9.17, 15) is 23.1 Å². The molecule has 2 aromatic carbocycles. The third kappa shape index (κ3) is 8.18. The van der Waals surface area contributed by atoms with Crippen LogP contribution in [0.25, 0.3) is 10.6 Å². The lowest BCUT2D eigenvalue weighted by atomic mass is 10.1. The van der Waals surface area contributed by atoms with Gasteiger partial charge in [-0.2, -0.15) is 13.2 Å². The van der Waals surface area contributed by atoms with E-state index in [1.807, 2.05) is 19.1 Å². The van der Waals surface area contributed by atoms with Crippen molar-refractivity contribution in [1.82, 2.24) is 14.8 Å². The van der Waals surface area contributed by atoms with Crippen LogP contribution < -0.4 is 4.74 Å². The number of halogens is 3. The van der Waals surface area contributed by atoms with Crippen LogP contribution in [0.2, 0.25) is 0 Å². The molecule has 3 aromatic rings. The van der Waals surface area contributed by atoms with Gasteiger partial charge in [0.15, 0.2) is 6.61 Å². The molecule has 0 spiro atoms. The number of carboxylic acid groups (broad SMARTS) is 1. The number of carboxylic acids is 1. The Bertz CT molecular complexity index is 1260. The minimum Gasteiger partial charge on any atom is -0.482 e. The van der Waals surface area contributed by atoms with Gasteiger partial charge in [0.2, 0.25) is 0 Å². The van der Waals surface area contributed by atoms with Crippen LogP contribution in [0.4, 0.5) is 13.2 Å². The molecule has 1 aliphatic heterocycles. The molecule has 4 rings (SSSR count). The third-order valence-corrected chi connectivity index (χ3v) is 8.71. The number of aryl methyl sites for hydroxylation is 1.